The Morgan fingerprint density at radius 3 is 1.57 bits per heavy atom. The molecule has 0 amide bonds. The predicted molar refractivity (Wildman–Crippen MR) is 179 cm³/mol. The largest absolute Gasteiger partial charge is 0.274 e. The molecule has 4 heterocycles. The van der Waals surface area contributed by atoms with Crippen LogP contribution in [-0.4, -0.2) is 15.0 Å². The molecule has 0 unspecified atom stereocenters. The van der Waals surface area contributed by atoms with Gasteiger partial charge in [0.2, 0.25) is 11.4 Å². The first-order valence-corrected chi connectivity index (χ1v) is 14.6. The van der Waals surface area contributed by atoms with Gasteiger partial charge in [-0.2, -0.15) is 15.8 Å². The minimum Gasteiger partial charge on any atom is -0.240 e. The number of allylic oxidation sites excluding steroid dienone is 2. The van der Waals surface area contributed by atoms with Crippen LogP contribution in [0.15, 0.2) is 83.8 Å². The van der Waals surface area contributed by atoms with E-state index in [4.69, 9.17) is 32.9 Å². The van der Waals surface area contributed by atoms with Crippen LogP contribution in [0.4, 0.5) is 22.7 Å². The highest BCUT2D eigenvalue weighted by Crippen LogP contribution is 2.28. The summed E-state index contributed by atoms with van der Waals surface area (Å²) >= 11 is 0. The Bertz CT molecular complexity index is 3170. The summed E-state index contributed by atoms with van der Waals surface area (Å²) in [5.74, 6) is -1.71. The smallest absolute Gasteiger partial charge is 0.240 e. The summed E-state index contributed by atoms with van der Waals surface area (Å²) in [7, 11) is 0. The fourth-order valence-corrected chi connectivity index (χ4v) is 5.29. The number of nitriles is 3. The maximum atomic E-state index is 10.4. The third-order valence-electron chi connectivity index (χ3n) is 7.58. The molecule has 3 aromatic carbocycles. The minimum atomic E-state index is -0.387. The van der Waals surface area contributed by atoms with Gasteiger partial charge >= 0.3 is 0 Å². The predicted octanol–water partition coefficient (Wildman–Crippen LogP) is 3.04. The molecule has 0 bridgehead atoms. The second-order valence-corrected chi connectivity index (χ2v) is 10.8. The molecule has 0 N–H and O–H groups in total. The molecule has 4 aromatic rings. The summed E-state index contributed by atoms with van der Waals surface area (Å²) in [6, 6.07) is 14.7. The number of hydrogen-bond donors (Lipinski definition) is 0. The fourth-order valence-electron chi connectivity index (χ4n) is 5.29. The number of hydrogen-bond acceptors (Lipinski definition) is 12. The monoisotopic (exact) mass is 679 g/mol. The lowest BCUT2D eigenvalue weighted by atomic mass is 10.2. The molecule has 1 aromatic heterocycles. The lowest BCUT2D eigenvalue weighted by Crippen LogP contribution is -2.24. The van der Waals surface area contributed by atoms with Crippen LogP contribution in [0, 0.1) is 73.8 Å². The standard InChI is InChI=1S/C36H9N17/c1-16-7-22(42-4)28-24(8-16)45-31(49-28)20(14-38)33-51-34(21(15-39)32-46-26-12-19(41-3)10-23(43-5)29(26)50-32)53-36(52-33)30(44-6)35-47-25-11-18(40-2)9-17(13-37)27(25)48-35/h7-12H,1H3/b31-20-,32-21-,35-30+. The van der Waals surface area contributed by atoms with E-state index in [2.05, 4.69) is 69.1 Å². The molecule has 0 spiro atoms. The first-order chi connectivity index (χ1) is 25.7. The van der Waals surface area contributed by atoms with Gasteiger partial charge in [0.15, 0.2) is 46.3 Å². The van der Waals surface area contributed by atoms with Crippen molar-refractivity contribution in [2.75, 3.05) is 0 Å². The quantitative estimate of drug-likeness (QED) is 0.235. The van der Waals surface area contributed by atoms with E-state index in [0.29, 0.717) is 5.36 Å². The molecular weight excluding hydrogens is 671 g/mol. The van der Waals surface area contributed by atoms with Crippen LogP contribution >= 0.6 is 0 Å². The van der Waals surface area contributed by atoms with Gasteiger partial charge in [-0.1, -0.05) is 11.6 Å². The summed E-state index contributed by atoms with van der Waals surface area (Å²) in [6.45, 7) is 39.7. The number of fused-ring (bicyclic) bond motifs is 3. The number of aryl methyl sites for hydroxylation is 1. The second-order valence-electron chi connectivity index (χ2n) is 10.8. The number of rotatable bonds is 3. The Morgan fingerprint density at radius 2 is 1.04 bits per heavy atom. The van der Waals surface area contributed by atoms with E-state index < -0.39 is 0 Å². The topological polar surface area (TPSA) is 206 Å². The molecule has 0 radical (unpaired) electrons. The Balaban J connectivity index is 1.54. The Hall–Kier alpha value is -9.39. The molecule has 3 aliphatic rings. The molecule has 0 aliphatic carbocycles. The van der Waals surface area contributed by atoms with Gasteiger partial charge in [-0.25, -0.2) is 69.1 Å². The fraction of sp³-hybridized carbons (Fsp3) is 0.0278. The van der Waals surface area contributed by atoms with E-state index in [-0.39, 0.29) is 107 Å². The van der Waals surface area contributed by atoms with Crippen molar-refractivity contribution in [2.24, 2.45) is 30.0 Å². The zero-order valence-electron chi connectivity index (χ0n) is 26.6. The van der Waals surface area contributed by atoms with Crippen LogP contribution in [0.3, 0.4) is 0 Å². The van der Waals surface area contributed by atoms with E-state index >= 15 is 0 Å². The van der Waals surface area contributed by atoms with Crippen molar-refractivity contribution >= 4 is 39.6 Å². The van der Waals surface area contributed by atoms with Gasteiger partial charge in [0, 0.05) is 0 Å². The zero-order chi connectivity index (χ0) is 37.4. The summed E-state index contributed by atoms with van der Waals surface area (Å²) in [5, 5.41) is 31.7. The van der Waals surface area contributed by atoms with Crippen molar-refractivity contribution < 1.29 is 0 Å². The maximum absolute atomic E-state index is 10.4. The van der Waals surface area contributed by atoms with Crippen LogP contribution in [-0.2, 0) is 0 Å². The lowest BCUT2D eigenvalue weighted by molar-refractivity contribution is 0.958. The minimum absolute atomic E-state index is 0.0262. The first-order valence-electron chi connectivity index (χ1n) is 14.6. The molecule has 17 nitrogen and oxygen atoms in total. The van der Waals surface area contributed by atoms with E-state index in [9.17, 15) is 15.8 Å². The Labute approximate surface area is 296 Å². The van der Waals surface area contributed by atoms with Crippen molar-refractivity contribution in [1.82, 2.24) is 15.0 Å². The molecule has 0 fully saturated rings. The van der Waals surface area contributed by atoms with Crippen LogP contribution in [0.2, 0.25) is 0 Å². The van der Waals surface area contributed by atoms with Gasteiger partial charge in [-0.3, -0.25) is 0 Å². The van der Waals surface area contributed by atoms with E-state index in [1.807, 2.05) is 18.2 Å². The van der Waals surface area contributed by atoms with Crippen molar-refractivity contribution in [3.05, 3.63) is 172 Å². The van der Waals surface area contributed by atoms with E-state index in [1.54, 1.807) is 19.1 Å². The highest BCUT2D eigenvalue weighted by atomic mass is 15.1. The highest BCUT2D eigenvalue weighted by molar-refractivity contribution is 5.81. The Kier molecular flexibility index (Phi) is 7.63. The van der Waals surface area contributed by atoms with Crippen LogP contribution in [0.25, 0.3) is 41.1 Å². The lowest BCUT2D eigenvalue weighted by Gasteiger charge is -2.07. The van der Waals surface area contributed by atoms with Crippen molar-refractivity contribution in [2.45, 2.75) is 6.92 Å². The SMILES string of the molecule is [C-]#[N+]/C(=C1\N=c2cc([N+]#[C-])cc(C#N)c2=N1)c1nc(/C(C#N)=C2/N=c3cc(C)cc([N+]#[C-])c3=N2)nc(/C(C#N)=C2/N=c3cc([N+]#[C-])cc([N+]#[C-])c3=N2)n1. The van der Waals surface area contributed by atoms with E-state index in [0.717, 1.165) is 5.56 Å². The number of nitrogens with zero attached hydrogens (tertiary/aromatic N) is 17. The summed E-state index contributed by atoms with van der Waals surface area (Å²) in [4.78, 5) is 56.8. The third-order valence-corrected chi connectivity index (χ3v) is 7.58. The molecule has 3 aliphatic heterocycles. The third kappa shape index (κ3) is 5.35. The van der Waals surface area contributed by atoms with Gasteiger partial charge in [-0.15, -0.1) is 0 Å². The summed E-state index contributed by atoms with van der Waals surface area (Å²) < 4.78 is 0. The zero-order valence-corrected chi connectivity index (χ0v) is 26.6. The van der Waals surface area contributed by atoms with Crippen LogP contribution < -0.4 is 32.1 Å². The molecule has 0 saturated carbocycles. The van der Waals surface area contributed by atoms with Crippen LogP contribution in [0.1, 0.15) is 28.6 Å². The second kappa shape index (κ2) is 12.6. The molecule has 17 heteroatoms. The molecular formula is C36H9N17. The van der Waals surface area contributed by atoms with Crippen molar-refractivity contribution in [3.63, 3.8) is 0 Å². The van der Waals surface area contributed by atoms with Gasteiger partial charge in [0.25, 0.3) is 5.70 Å². The summed E-state index contributed by atoms with van der Waals surface area (Å²) in [6.07, 6.45) is 0. The highest BCUT2D eigenvalue weighted by Gasteiger charge is 2.26. The molecule has 0 saturated heterocycles. The molecule has 53 heavy (non-hydrogen) atoms. The summed E-state index contributed by atoms with van der Waals surface area (Å²) in [5.41, 5.74) is 0.272. The van der Waals surface area contributed by atoms with Gasteiger partial charge in [0.05, 0.1) is 65.2 Å². The average Bonchev–Trinajstić information content (AvgIpc) is 3.91. The van der Waals surface area contributed by atoms with Crippen molar-refractivity contribution in [3.8, 4) is 18.2 Å². The van der Waals surface area contributed by atoms with Gasteiger partial charge in [-0.05, 0) is 37.3 Å². The number of benzene rings is 3. The van der Waals surface area contributed by atoms with Crippen LogP contribution in [0.5, 0.6) is 0 Å². The van der Waals surface area contributed by atoms with E-state index in [1.165, 1.54) is 24.3 Å². The van der Waals surface area contributed by atoms with Crippen molar-refractivity contribution in [1.29, 1.82) is 15.8 Å². The first kappa shape index (κ1) is 32.2. The maximum Gasteiger partial charge on any atom is 0.274 e. The molecule has 7 rings (SSSR count). The Morgan fingerprint density at radius 1 is 0.547 bits per heavy atom. The van der Waals surface area contributed by atoms with Gasteiger partial charge < -0.3 is 0 Å². The number of aromatic nitrogens is 3. The van der Waals surface area contributed by atoms with Gasteiger partial charge in [0.1, 0.15) is 34.7 Å². The molecule has 0 atom stereocenters. The molecule has 238 valence electrons. The normalized spacial score (nSPS) is 15.2. The average molecular weight is 680 g/mol.